The Morgan fingerprint density at radius 2 is 2.12 bits per heavy atom. The Balaban J connectivity index is 1.80. The molecule has 0 bridgehead atoms. The van der Waals surface area contributed by atoms with E-state index in [0.717, 1.165) is 22.7 Å². The van der Waals surface area contributed by atoms with Crippen molar-refractivity contribution >= 4 is 10.9 Å². The molecule has 4 heteroatoms. The molecule has 1 saturated carbocycles. The maximum absolute atomic E-state index is 4.56. The predicted molar refractivity (Wildman–Crippen MR) is 65.7 cm³/mol. The molecule has 0 spiro atoms. The van der Waals surface area contributed by atoms with Crippen LogP contribution in [0.25, 0.3) is 22.3 Å². The highest BCUT2D eigenvalue weighted by atomic mass is 15.2. The zero-order chi connectivity index (χ0) is 11.2. The van der Waals surface area contributed by atoms with Gasteiger partial charge in [-0.2, -0.15) is 5.10 Å². The number of fused-ring (bicyclic) bond motifs is 1. The number of H-pyrrole nitrogens is 2. The SMILES string of the molecule is c1cc2cc(-c3n[nH]c(C4CC4)n3)ccc2[nH]1. The van der Waals surface area contributed by atoms with Crippen LogP contribution in [0.2, 0.25) is 0 Å². The molecule has 0 radical (unpaired) electrons. The number of rotatable bonds is 2. The Hall–Kier alpha value is -2.10. The molecule has 17 heavy (non-hydrogen) atoms. The fourth-order valence-electron chi connectivity index (χ4n) is 2.14. The highest BCUT2D eigenvalue weighted by Crippen LogP contribution is 2.38. The standard InChI is InChI=1S/C13H12N4/c1-2-8(1)12-15-13(17-16-12)10-3-4-11-9(7-10)5-6-14-11/h3-8,14H,1-2H2,(H,15,16,17). The molecule has 4 rings (SSSR count). The van der Waals surface area contributed by atoms with Crippen LogP contribution in [0.3, 0.4) is 0 Å². The van der Waals surface area contributed by atoms with E-state index in [-0.39, 0.29) is 0 Å². The molecule has 1 aliphatic carbocycles. The van der Waals surface area contributed by atoms with Gasteiger partial charge in [-0.3, -0.25) is 5.10 Å². The van der Waals surface area contributed by atoms with E-state index in [1.807, 2.05) is 6.20 Å². The molecular formula is C13H12N4. The predicted octanol–water partition coefficient (Wildman–Crippen LogP) is 2.83. The molecule has 2 aromatic heterocycles. The van der Waals surface area contributed by atoms with Gasteiger partial charge < -0.3 is 4.98 Å². The molecule has 0 unspecified atom stereocenters. The van der Waals surface area contributed by atoms with E-state index in [0.29, 0.717) is 5.92 Å². The minimum Gasteiger partial charge on any atom is -0.361 e. The van der Waals surface area contributed by atoms with Crippen molar-refractivity contribution in [3.05, 3.63) is 36.3 Å². The van der Waals surface area contributed by atoms with Crippen molar-refractivity contribution in [1.29, 1.82) is 0 Å². The first kappa shape index (κ1) is 8.98. The van der Waals surface area contributed by atoms with E-state index < -0.39 is 0 Å². The van der Waals surface area contributed by atoms with E-state index >= 15 is 0 Å². The smallest absolute Gasteiger partial charge is 0.181 e. The fourth-order valence-corrected chi connectivity index (χ4v) is 2.14. The Morgan fingerprint density at radius 1 is 1.18 bits per heavy atom. The Bertz CT molecular complexity index is 675. The van der Waals surface area contributed by atoms with Crippen molar-refractivity contribution in [3.63, 3.8) is 0 Å². The normalized spacial score (nSPS) is 15.5. The van der Waals surface area contributed by atoms with Gasteiger partial charge in [0.2, 0.25) is 0 Å². The Labute approximate surface area is 98.1 Å². The van der Waals surface area contributed by atoms with Gasteiger partial charge in [0.05, 0.1) is 0 Å². The summed E-state index contributed by atoms with van der Waals surface area (Å²) in [7, 11) is 0. The van der Waals surface area contributed by atoms with Crippen molar-refractivity contribution in [2.75, 3.05) is 0 Å². The molecule has 1 fully saturated rings. The minimum atomic E-state index is 0.618. The van der Waals surface area contributed by atoms with Crippen LogP contribution >= 0.6 is 0 Å². The average Bonchev–Trinajstić information content (AvgIpc) is 2.93. The van der Waals surface area contributed by atoms with Gasteiger partial charge in [0, 0.05) is 28.6 Å². The molecule has 84 valence electrons. The lowest BCUT2D eigenvalue weighted by Crippen LogP contribution is -1.82. The molecule has 0 saturated heterocycles. The monoisotopic (exact) mass is 224 g/mol. The Morgan fingerprint density at radius 3 is 3.00 bits per heavy atom. The van der Waals surface area contributed by atoms with Gasteiger partial charge in [0.15, 0.2) is 5.82 Å². The zero-order valence-electron chi connectivity index (χ0n) is 9.27. The topological polar surface area (TPSA) is 57.4 Å². The first-order valence-corrected chi connectivity index (χ1v) is 5.90. The third-order valence-corrected chi connectivity index (χ3v) is 3.28. The van der Waals surface area contributed by atoms with Crippen LogP contribution in [0.4, 0.5) is 0 Å². The van der Waals surface area contributed by atoms with E-state index in [4.69, 9.17) is 0 Å². The van der Waals surface area contributed by atoms with Gasteiger partial charge >= 0.3 is 0 Å². The maximum Gasteiger partial charge on any atom is 0.181 e. The van der Waals surface area contributed by atoms with Gasteiger partial charge in [-0.05, 0) is 37.1 Å². The second-order valence-corrected chi connectivity index (χ2v) is 4.60. The second kappa shape index (κ2) is 3.20. The van der Waals surface area contributed by atoms with Crippen LogP contribution in [0.15, 0.2) is 30.5 Å². The van der Waals surface area contributed by atoms with Gasteiger partial charge in [-0.1, -0.05) is 0 Å². The number of hydrogen-bond donors (Lipinski definition) is 2. The average molecular weight is 224 g/mol. The van der Waals surface area contributed by atoms with E-state index in [2.05, 4.69) is 44.4 Å². The summed E-state index contributed by atoms with van der Waals surface area (Å²) in [6.45, 7) is 0. The molecule has 0 amide bonds. The number of nitrogens with zero attached hydrogens (tertiary/aromatic N) is 2. The van der Waals surface area contributed by atoms with E-state index in [1.54, 1.807) is 0 Å². The molecule has 1 aromatic carbocycles. The highest BCUT2D eigenvalue weighted by Gasteiger charge is 2.27. The van der Waals surface area contributed by atoms with Crippen LogP contribution < -0.4 is 0 Å². The fraction of sp³-hybridized carbons (Fsp3) is 0.231. The van der Waals surface area contributed by atoms with Crippen molar-refractivity contribution < 1.29 is 0 Å². The molecule has 4 nitrogen and oxygen atoms in total. The highest BCUT2D eigenvalue weighted by molar-refractivity contribution is 5.83. The summed E-state index contributed by atoms with van der Waals surface area (Å²) in [6, 6.07) is 8.30. The van der Waals surface area contributed by atoms with Gasteiger partial charge in [0.1, 0.15) is 5.82 Å². The lowest BCUT2D eigenvalue weighted by atomic mass is 10.1. The summed E-state index contributed by atoms with van der Waals surface area (Å²) in [5, 5.41) is 8.53. The molecule has 3 aromatic rings. The first-order chi connectivity index (χ1) is 8.40. The number of hydrogen-bond acceptors (Lipinski definition) is 2. The zero-order valence-corrected chi connectivity index (χ0v) is 9.27. The van der Waals surface area contributed by atoms with Crippen LogP contribution in [0.1, 0.15) is 24.6 Å². The summed E-state index contributed by atoms with van der Waals surface area (Å²) in [5.41, 5.74) is 2.21. The minimum absolute atomic E-state index is 0.618. The summed E-state index contributed by atoms with van der Waals surface area (Å²) in [6.07, 6.45) is 4.43. The van der Waals surface area contributed by atoms with Crippen molar-refractivity contribution in [2.45, 2.75) is 18.8 Å². The third kappa shape index (κ3) is 1.45. The Kier molecular flexibility index (Phi) is 1.69. The number of benzene rings is 1. The van der Waals surface area contributed by atoms with Gasteiger partial charge in [-0.25, -0.2) is 4.98 Å². The van der Waals surface area contributed by atoms with Crippen LogP contribution in [-0.2, 0) is 0 Å². The number of aromatic amines is 2. The largest absolute Gasteiger partial charge is 0.361 e. The molecule has 0 atom stereocenters. The number of aromatic nitrogens is 4. The molecule has 2 N–H and O–H groups in total. The third-order valence-electron chi connectivity index (χ3n) is 3.28. The number of nitrogens with one attached hydrogen (secondary N) is 2. The quantitative estimate of drug-likeness (QED) is 0.703. The van der Waals surface area contributed by atoms with Gasteiger partial charge in [-0.15, -0.1) is 0 Å². The van der Waals surface area contributed by atoms with Crippen LogP contribution in [0, 0.1) is 0 Å². The molecule has 2 heterocycles. The van der Waals surface area contributed by atoms with Crippen LogP contribution in [0.5, 0.6) is 0 Å². The van der Waals surface area contributed by atoms with Crippen molar-refractivity contribution in [3.8, 4) is 11.4 Å². The molecular weight excluding hydrogens is 212 g/mol. The van der Waals surface area contributed by atoms with Crippen molar-refractivity contribution in [2.24, 2.45) is 0 Å². The summed E-state index contributed by atoms with van der Waals surface area (Å²) in [5.74, 6) is 2.46. The van der Waals surface area contributed by atoms with Crippen LogP contribution in [-0.4, -0.2) is 20.2 Å². The maximum atomic E-state index is 4.56. The summed E-state index contributed by atoms with van der Waals surface area (Å²) < 4.78 is 0. The van der Waals surface area contributed by atoms with E-state index in [9.17, 15) is 0 Å². The molecule has 1 aliphatic rings. The lowest BCUT2D eigenvalue weighted by Gasteiger charge is -1.95. The first-order valence-electron chi connectivity index (χ1n) is 5.90. The lowest BCUT2D eigenvalue weighted by molar-refractivity contribution is 0.935. The van der Waals surface area contributed by atoms with Gasteiger partial charge in [0.25, 0.3) is 0 Å². The summed E-state index contributed by atoms with van der Waals surface area (Å²) >= 11 is 0. The molecule has 0 aliphatic heterocycles. The second-order valence-electron chi connectivity index (χ2n) is 4.60. The van der Waals surface area contributed by atoms with Crippen molar-refractivity contribution in [1.82, 2.24) is 20.2 Å². The van der Waals surface area contributed by atoms with E-state index in [1.165, 1.54) is 18.2 Å². The summed E-state index contributed by atoms with van der Waals surface area (Å²) in [4.78, 5) is 7.74.